The lowest BCUT2D eigenvalue weighted by molar-refractivity contribution is 0.104. The Morgan fingerprint density at radius 2 is 2.04 bits per heavy atom. The lowest BCUT2D eigenvalue weighted by Gasteiger charge is -2.10. The van der Waals surface area contributed by atoms with Gasteiger partial charge in [0.25, 0.3) is 0 Å². The van der Waals surface area contributed by atoms with E-state index in [-0.39, 0.29) is 11.8 Å². The van der Waals surface area contributed by atoms with Crippen LogP contribution in [0.3, 0.4) is 0 Å². The van der Waals surface area contributed by atoms with E-state index in [9.17, 15) is 4.79 Å². The Balaban J connectivity index is 2.22. The van der Waals surface area contributed by atoms with E-state index in [0.717, 1.165) is 5.56 Å². The molecule has 1 aromatic carbocycles. The topological polar surface area (TPSA) is 53.3 Å². The number of ketones is 1. The molecule has 0 N–H and O–H groups in total. The molecule has 0 amide bonds. The molecule has 0 aliphatic heterocycles. The van der Waals surface area contributed by atoms with Crippen LogP contribution in [0.1, 0.15) is 35.8 Å². The summed E-state index contributed by atoms with van der Waals surface area (Å²) >= 11 is 6.15. The number of aromatic nitrogens is 2. The molecule has 0 aliphatic rings. The predicted octanol–water partition coefficient (Wildman–Crippen LogP) is 4.03. The van der Waals surface area contributed by atoms with Gasteiger partial charge in [0.2, 0.25) is 0 Å². The highest BCUT2D eigenvalue weighted by molar-refractivity contribution is 6.32. The van der Waals surface area contributed by atoms with E-state index < -0.39 is 0 Å². The molecule has 0 atom stereocenters. The van der Waals surface area contributed by atoms with Gasteiger partial charge in [-0.1, -0.05) is 17.7 Å². The summed E-state index contributed by atoms with van der Waals surface area (Å²) in [5.41, 5.74) is 1.29. The van der Waals surface area contributed by atoms with E-state index in [1.807, 2.05) is 13.8 Å². The molecule has 0 unspecified atom stereocenters. The Bertz CT molecular complexity index is 735. The first-order valence-corrected chi connectivity index (χ1v) is 7.52. The Morgan fingerprint density at radius 1 is 1.30 bits per heavy atom. The Labute approximate surface area is 140 Å². The molecule has 0 fully saturated rings. The first-order valence-electron chi connectivity index (χ1n) is 7.14. The lowest BCUT2D eigenvalue weighted by atomic mass is 10.1. The molecule has 0 spiro atoms. The van der Waals surface area contributed by atoms with Crippen molar-refractivity contribution in [3.8, 4) is 11.5 Å². The number of methoxy groups -OCH3 is 2. The average molecular weight is 335 g/mol. The van der Waals surface area contributed by atoms with Crippen LogP contribution in [0.4, 0.5) is 0 Å². The van der Waals surface area contributed by atoms with Gasteiger partial charge < -0.3 is 9.47 Å². The van der Waals surface area contributed by atoms with Gasteiger partial charge in [-0.3, -0.25) is 9.48 Å². The van der Waals surface area contributed by atoms with Gasteiger partial charge in [0.05, 0.1) is 31.0 Å². The molecule has 6 heteroatoms. The van der Waals surface area contributed by atoms with E-state index >= 15 is 0 Å². The molecular weight excluding hydrogens is 316 g/mol. The number of carbonyl (C=O) groups excluding carboxylic acids is 1. The molecule has 0 aliphatic carbocycles. The molecule has 0 bridgehead atoms. The molecule has 0 saturated heterocycles. The third-order valence-corrected chi connectivity index (χ3v) is 3.58. The molecular formula is C17H19ClN2O3. The van der Waals surface area contributed by atoms with Crippen LogP contribution in [0.2, 0.25) is 5.02 Å². The van der Waals surface area contributed by atoms with E-state index in [4.69, 9.17) is 21.1 Å². The first-order chi connectivity index (χ1) is 11.0. The summed E-state index contributed by atoms with van der Waals surface area (Å²) in [6.07, 6.45) is 6.47. The number of benzene rings is 1. The number of hydrogen-bond donors (Lipinski definition) is 0. The fourth-order valence-corrected chi connectivity index (χ4v) is 2.35. The van der Waals surface area contributed by atoms with Gasteiger partial charge in [-0.05, 0) is 37.6 Å². The van der Waals surface area contributed by atoms with Crippen molar-refractivity contribution >= 4 is 23.5 Å². The fraction of sp³-hybridized carbons (Fsp3) is 0.294. The van der Waals surface area contributed by atoms with Crippen LogP contribution in [0.25, 0.3) is 6.08 Å². The van der Waals surface area contributed by atoms with Crippen LogP contribution in [0.15, 0.2) is 30.6 Å². The zero-order valence-electron chi connectivity index (χ0n) is 13.5. The van der Waals surface area contributed by atoms with Crippen molar-refractivity contribution in [1.29, 1.82) is 0 Å². The molecule has 2 rings (SSSR count). The van der Waals surface area contributed by atoms with Gasteiger partial charge in [0.15, 0.2) is 17.3 Å². The normalized spacial score (nSPS) is 11.2. The first kappa shape index (κ1) is 17.1. The second kappa shape index (κ2) is 7.33. The fourth-order valence-electron chi connectivity index (χ4n) is 2.05. The SMILES string of the molecule is COc1cc(/C=C/C(=O)c2cnn(C(C)C)c2)cc(Cl)c1OC. The van der Waals surface area contributed by atoms with Crippen LogP contribution < -0.4 is 9.47 Å². The van der Waals surface area contributed by atoms with Crippen molar-refractivity contribution in [3.63, 3.8) is 0 Å². The highest BCUT2D eigenvalue weighted by atomic mass is 35.5. The Kier molecular flexibility index (Phi) is 5.45. The number of allylic oxidation sites excluding steroid dienone is 1. The summed E-state index contributed by atoms with van der Waals surface area (Å²) in [7, 11) is 3.06. The molecule has 122 valence electrons. The molecule has 0 radical (unpaired) electrons. The monoisotopic (exact) mass is 334 g/mol. The number of halogens is 1. The van der Waals surface area contributed by atoms with Gasteiger partial charge in [0, 0.05) is 12.2 Å². The van der Waals surface area contributed by atoms with Gasteiger partial charge in [-0.25, -0.2) is 0 Å². The summed E-state index contributed by atoms with van der Waals surface area (Å²) in [6.45, 7) is 4.01. The molecule has 1 aromatic heterocycles. The summed E-state index contributed by atoms with van der Waals surface area (Å²) in [4.78, 5) is 12.2. The second-order valence-corrected chi connectivity index (χ2v) is 5.65. The molecule has 5 nitrogen and oxygen atoms in total. The largest absolute Gasteiger partial charge is 0.493 e. The summed E-state index contributed by atoms with van der Waals surface area (Å²) in [6, 6.07) is 3.68. The average Bonchev–Trinajstić information content (AvgIpc) is 3.02. The third kappa shape index (κ3) is 3.93. The molecule has 1 heterocycles. The highest BCUT2D eigenvalue weighted by Crippen LogP contribution is 2.36. The minimum Gasteiger partial charge on any atom is -0.493 e. The maximum Gasteiger partial charge on any atom is 0.189 e. The molecule has 23 heavy (non-hydrogen) atoms. The Hall–Kier alpha value is -2.27. The van der Waals surface area contributed by atoms with E-state index in [1.165, 1.54) is 20.3 Å². The zero-order chi connectivity index (χ0) is 17.0. The van der Waals surface area contributed by atoms with E-state index in [1.54, 1.807) is 35.3 Å². The van der Waals surface area contributed by atoms with Crippen molar-refractivity contribution in [2.24, 2.45) is 0 Å². The van der Waals surface area contributed by atoms with Crippen molar-refractivity contribution < 1.29 is 14.3 Å². The third-order valence-electron chi connectivity index (χ3n) is 3.30. The zero-order valence-corrected chi connectivity index (χ0v) is 14.3. The van der Waals surface area contributed by atoms with Gasteiger partial charge in [-0.2, -0.15) is 5.10 Å². The summed E-state index contributed by atoms with van der Waals surface area (Å²) < 4.78 is 12.2. The second-order valence-electron chi connectivity index (χ2n) is 5.24. The molecule has 2 aromatic rings. The minimum absolute atomic E-state index is 0.122. The van der Waals surface area contributed by atoms with E-state index in [0.29, 0.717) is 22.1 Å². The maximum absolute atomic E-state index is 12.2. The number of rotatable bonds is 6. The summed E-state index contributed by atoms with van der Waals surface area (Å²) in [5.74, 6) is 0.860. The van der Waals surface area contributed by atoms with E-state index in [2.05, 4.69) is 5.10 Å². The van der Waals surface area contributed by atoms with Crippen molar-refractivity contribution in [2.45, 2.75) is 19.9 Å². The molecule has 0 saturated carbocycles. The number of carbonyl (C=O) groups is 1. The van der Waals surface area contributed by atoms with Crippen LogP contribution in [0.5, 0.6) is 11.5 Å². The van der Waals surface area contributed by atoms with Crippen molar-refractivity contribution in [3.05, 3.63) is 46.8 Å². The quantitative estimate of drug-likeness (QED) is 0.591. The smallest absolute Gasteiger partial charge is 0.189 e. The number of hydrogen-bond acceptors (Lipinski definition) is 4. The predicted molar refractivity (Wildman–Crippen MR) is 90.5 cm³/mol. The summed E-state index contributed by atoms with van der Waals surface area (Å²) in [5, 5.41) is 4.58. The van der Waals surface area contributed by atoms with Gasteiger partial charge in [-0.15, -0.1) is 0 Å². The van der Waals surface area contributed by atoms with Crippen LogP contribution in [-0.4, -0.2) is 29.8 Å². The van der Waals surface area contributed by atoms with Crippen molar-refractivity contribution in [2.75, 3.05) is 14.2 Å². The minimum atomic E-state index is -0.122. The Morgan fingerprint density at radius 3 is 2.61 bits per heavy atom. The number of ether oxygens (including phenoxy) is 2. The van der Waals surface area contributed by atoms with Gasteiger partial charge >= 0.3 is 0 Å². The van der Waals surface area contributed by atoms with Crippen molar-refractivity contribution in [1.82, 2.24) is 9.78 Å². The lowest BCUT2D eigenvalue weighted by Crippen LogP contribution is -2.00. The maximum atomic E-state index is 12.2. The van der Waals surface area contributed by atoms with Gasteiger partial charge in [0.1, 0.15) is 0 Å². The standard InChI is InChI=1S/C17H19ClN2O3/c1-11(2)20-10-13(9-19-20)15(21)6-5-12-7-14(18)17(23-4)16(8-12)22-3/h5-11H,1-4H3/b6-5+. The van der Waals surface area contributed by atoms with Crippen LogP contribution in [0, 0.1) is 0 Å². The van der Waals surface area contributed by atoms with Crippen LogP contribution >= 0.6 is 11.6 Å². The number of nitrogens with zero attached hydrogens (tertiary/aromatic N) is 2. The van der Waals surface area contributed by atoms with Crippen LogP contribution in [-0.2, 0) is 0 Å². The highest BCUT2D eigenvalue weighted by Gasteiger charge is 2.11.